The maximum absolute atomic E-state index is 14.1. The van der Waals surface area contributed by atoms with Gasteiger partial charge in [0, 0.05) is 15.6 Å². The fourth-order valence-electron chi connectivity index (χ4n) is 4.81. The summed E-state index contributed by atoms with van der Waals surface area (Å²) in [6, 6.07) is 19.6. The fourth-order valence-corrected chi connectivity index (χ4v) is 6.24. The third kappa shape index (κ3) is 4.52. The van der Waals surface area contributed by atoms with Crippen LogP contribution in [0.4, 0.5) is 0 Å². The summed E-state index contributed by atoms with van der Waals surface area (Å²) in [5.74, 6) is 1.23. The average molecular weight is 619 g/mol. The van der Waals surface area contributed by atoms with E-state index < -0.39 is 12.0 Å². The normalized spacial score (nSPS) is 16.0. The molecule has 3 heterocycles. The summed E-state index contributed by atoms with van der Waals surface area (Å²) in [5.41, 5.74) is 2.55. The Morgan fingerprint density at radius 2 is 1.85 bits per heavy atom. The Labute approximate surface area is 241 Å². The number of esters is 1. The number of fused-ring (bicyclic) bond motifs is 2. The molecule has 40 heavy (non-hydrogen) atoms. The standard InChI is InChI=1S/C30H23BrN2O6S/c1-3-37-29(35)25-26(17-9-5-4-6-10-17)32-30-33(27(25)19-11-7-8-12-21(19)36-2)28(34)24(40-30)14-18-13-22-23(15-20(18)31)39-16-38-22/h4-15,27H,3,16H2,1-2H3. The number of ether oxygens (including phenoxy) is 4. The Hall–Kier alpha value is -4.15. The van der Waals surface area contributed by atoms with Crippen LogP contribution >= 0.6 is 27.3 Å². The minimum atomic E-state index is -0.830. The molecule has 0 amide bonds. The number of halogens is 1. The highest BCUT2D eigenvalue weighted by Gasteiger charge is 2.36. The molecule has 0 fully saturated rings. The van der Waals surface area contributed by atoms with Crippen LogP contribution in [0.2, 0.25) is 0 Å². The first-order chi connectivity index (χ1) is 19.5. The van der Waals surface area contributed by atoms with Crippen LogP contribution in [0.5, 0.6) is 17.2 Å². The topological polar surface area (TPSA) is 88.4 Å². The van der Waals surface area contributed by atoms with Gasteiger partial charge in [-0.2, -0.15) is 0 Å². The lowest BCUT2D eigenvalue weighted by atomic mass is 9.92. The zero-order valence-corrected chi connectivity index (χ0v) is 24.0. The van der Waals surface area contributed by atoms with E-state index >= 15 is 0 Å². The van der Waals surface area contributed by atoms with E-state index in [0.29, 0.717) is 37.8 Å². The van der Waals surface area contributed by atoms with Gasteiger partial charge < -0.3 is 18.9 Å². The predicted molar refractivity (Wildman–Crippen MR) is 154 cm³/mol. The number of hydrogen-bond donors (Lipinski definition) is 0. The Kier molecular flexibility index (Phi) is 7.03. The second-order valence-electron chi connectivity index (χ2n) is 8.90. The molecular weight excluding hydrogens is 596 g/mol. The zero-order valence-electron chi connectivity index (χ0n) is 21.5. The van der Waals surface area contributed by atoms with Crippen molar-refractivity contribution in [3.63, 3.8) is 0 Å². The van der Waals surface area contributed by atoms with Crippen LogP contribution in [0.25, 0.3) is 11.8 Å². The number of carbonyl (C=O) groups is 1. The van der Waals surface area contributed by atoms with Crippen molar-refractivity contribution in [2.45, 2.75) is 13.0 Å². The number of hydrogen-bond acceptors (Lipinski definition) is 8. The zero-order chi connectivity index (χ0) is 27.8. The van der Waals surface area contributed by atoms with E-state index in [-0.39, 0.29) is 24.5 Å². The molecule has 0 bridgehead atoms. The lowest BCUT2D eigenvalue weighted by molar-refractivity contribution is -0.138. The van der Waals surface area contributed by atoms with E-state index in [1.807, 2.05) is 60.7 Å². The summed E-state index contributed by atoms with van der Waals surface area (Å²) in [4.78, 5) is 33.0. The van der Waals surface area contributed by atoms with Crippen molar-refractivity contribution in [3.05, 3.63) is 113 Å². The first kappa shape index (κ1) is 26.1. The van der Waals surface area contributed by atoms with E-state index in [9.17, 15) is 9.59 Å². The van der Waals surface area contributed by atoms with Crippen LogP contribution < -0.4 is 29.1 Å². The molecule has 10 heteroatoms. The van der Waals surface area contributed by atoms with Crippen molar-refractivity contribution in [1.82, 2.24) is 4.57 Å². The third-order valence-electron chi connectivity index (χ3n) is 6.59. The molecular formula is C30H23BrN2O6S. The van der Waals surface area contributed by atoms with Crippen molar-refractivity contribution in [3.8, 4) is 17.2 Å². The Morgan fingerprint density at radius 1 is 1.12 bits per heavy atom. The first-order valence-corrected chi connectivity index (χ1v) is 14.1. The second kappa shape index (κ2) is 10.8. The van der Waals surface area contributed by atoms with Crippen molar-refractivity contribution in [2.24, 2.45) is 4.99 Å². The molecule has 0 saturated carbocycles. The number of carbonyl (C=O) groups excluding carboxylic acids is 1. The van der Waals surface area contributed by atoms with Gasteiger partial charge >= 0.3 is 5.97 Å². The quantitative estimate of drug-likeness (QED) is 0.297. The van der Waals surface area contributed by atoms with Crippen LogP contribution in [0.3, 0.4) is 0 Å². The molecule has 6 rings (SSSR count). The lowest BCUT2D eigenvalue weighted by Gasteiger charge is -2.27. The van der Waals surface area contributed by atoms with E-state index in [0.717, 1.165) is 15.6 Å². The van der Waals surface area contributed by atoms with Crippen LogP contribution in [0, 0.1) is 0 Å². The molecule has 8 nitrogen and oxygen atoms in total. The highest BCUT2D eigenvalue weighted by atomic mass is 79.9. The van der Waals surface area contributed by atoms with Gasteiger partial charge in [-0.25, -0.2) is 9.79 Å². The minimum absolute atomic E-state index is 0.144. The number of benzene rings is 3. The van der Waals surface area contributed by atoms with Gasteiger partial charge in [-0.3, -0.25) is 9.36 Å². The van der Waals surface area contributed by atoms with E-state index in [1.54, 1.807) is 30.7 Å². The number of rotatable bonds is 6. The molecule has 0 spiro atoms. The fraction of sp³-hybridized carbons (Fsp3) is 0.167. The number of methoxy groups -OCH3 is 1. The number of nitrogens with zero attached hydrogens (tertiary/aromatic N) is 2. The molecule has 202 valence electrons. The van der Waals surface area contributed by atoms with Crippen molar-refractivity contribution >= 4 is 45.0 Å². The lowest BCUT2D eigenvalue weighted by Crippen LogP contribution is -2.40. The highest BCUT2D eigenvalue weighted by Crippen LogP contribution is 2.39. The Balaban J connectivity index is 1.65. The molecule has 0 radical (unpaired) electrons. The smallest absolute Gasteiger partial charge is 0.338 e. The number of para-hydroxylation sites is 1. The Bertz CT molecular complexity index is 1840. The van der Waals surface area contributed by atoms with Gasteiger partial charge in [-0.15, -0.1) is 0 Å². The maximum atomic E-state index is 14.1. The van der Waals surface area contributed by atoms with Crippen molar-refractivity contribution in [1.29, 1.82) is 0 Å². The molecule has 1 unspecified atom stereocenters. The molecule has 3 aromatic carbocycles. The molecule has 0 saturated heterocycles. The minimum Gasteiger partial charge on any atom is -0.496 e. The SMILES string of the molecule is CCOC(=O)C1=C(c2ccccc2)N=c2sc(=Cc3cc4c(cc3Br)OCO4)c(=O)n2C1c1ccccc1OC. The van der Waals surface area contributed by atoms with Gasteiger partial charge in [0.2, 0.25) is 6.79 Å². The van der Waals surface area contributed by atoms with Crippen LogP contribution in [-0.4, -0.2) is 31.0 Å². The monoisotopic (exact) mass is 618 g/mol. The molecule has 0 N–H and O–H groups in total. The van der Waals surface area contributed by atoms with E-state index in [1.165, 1.54) is 11.3 Å². The van der Waals surface area contributed by atoms with Crippen molar-refractivity contribution in [2.75, 3.05) is 20.5 Å². The molecule has 1 atom stereocenters. The van der Waals surface area contributed by atoms with Crippen LogP contribution in [0.15, 0.2) is 86.6 Å². The van der Waals surface area contributed by atoms with Gasteiger partial charge in [-0.05, 0) is 36.8 Å². The van der Waals surface area contributed by atoms with Gasteiger partial charge in [-0.1, -0.05) is 75.8 Å². The summed E-state index contributed by atoms with van der Waals surface area (Å²) < 4.78 is 25.0. The summed E-state index contributed by atoms with van der Waals surface area (Å²) in [7, 11) is 1.56. The average Bonchev–Trinajstić information content (AvgIpc) is 3.56. The summed E-state index contributed by atoms with van der Waals surface area (Å²) in [6.45, 7) is 2.06. The molecule has 0 aliphatic carbocycles. The second-order valence-corrected chi connectivity index (χ2v) is 10.8. The molecule has 2 aliphatic heterocycles. The van der Waals surface area contributed by atoms with Gasteiger partial charge in [0.25, 0.3) is 5.56 Å². The number of aromatic nitrogens is 1. The van der Waals surface area contributed by atoms with E-state index in [2.05, 4.69) is 15.9 Å². The highest BCUT2D eigenvalue weighted by molar-refractivity contribution is 9.10. The van der Waals surface area contributed by atoms with Gasteiger partial charge in [0.1, 0.15) is 11.8 Å². The predicted octanol–water partition coefficient (Wildman–Crippen LogP) is 4.44. The Morgan fingerprint density at radius 3 is 2.60 bits per heavy atom. The summed E-state index contributed by atoms with van der Waals surface area (Å²) in [6.07, 6.45) is 1.78. The number of thiazole rings is 1. The molecule has 2 aliphatic rings. The van der Waals surface area contributed by atoms with E-state index in [4.69, 9.17) is 23.9 Å². The molecule has 1 aromatic heterocycles. The molecule has 4 aromatic rings. The van der Waals surface area contributed by atoms with Crippen molar-refractivity contribution < 1.29 is 23.7 Å². The van der Waals surface area contributed by atoms with Gasteiger partial charge in [0.05, 0.1) is 29.5 Å². The van der Waals surface area contributed by atoms with Gasteiger partial charge in [0.15, 0.2) is 16.3 Å². The maximum Gasteiger partial charge on any atom is 0.338 e. The summed E-state index contributed by atoms with van der Waals surface area (Å²) >= 11 is 4.82. The largest absolute Gasteiger partial charge is 0.496 e. The first-order valence-electron chi connectivity index (χ1n) is 12.5. The summed E-state index contributed by atoms with van der Waals surface area (Å²) in [5, 5.41) is 0. The van der Waals surface area contributed by atoms with Crippen LogP contribution in [0.1, 0.15) is 29.7 Å². The third-order valence-corrected chi connectivity index (χ3v) is 8.26. The van der Waals surface area contributed by atoms with Crippen LogP contribution in [-0.2, 0) is 9.53 Å².